The molecule has 2 aromatic carbocycles. The summed E-state index contributed by atoms with van der Waals surface area (Å²) in [4.78, 5) is 24.1. The Balaban J connectivity index is 1.49. The molecule has 1 aromatic heterocycles. The van der Waals surface area contributed by atoms with Gasteiger partial charge in [-0.3, -0.25) is 10.1 Å². The van der Waals surface area contributed by atoms with Crippen LogP contribution in [0.4, 0.5) is 10.5 Å². The van der Waals surface area contributed by atoms with Crippen LogP contribution in [0.3, 0.4) is 0 Å². The van der Waals surface area contributed by atoms with E-state index in [-0.39, 0.29) is 12.3 Å². The number of rotatable bonds is 6. The highest BCUT2D eigenvalue weighted by molar-refractivity contribution is 5.85. The Labute approximate surface area is 176 Å². The van der Waals surface area contributed by atoms with Gasteiger partial charge in [0.15, 0.2) is 0 Å². The van der Waals surface area contributed by atoms with Crippen LogP contribution in [0.1, 0.15) is 31.9 Å². The van der Waals surface area contributed by atoms with Crippen LogP contribution in [0.5, 0.6) is 0 Å². The molecule has 0 saturated heterocycles. The Bertz CT molecular complexity index is 990. The predicted octanol–water partition coefficient (Wildman–Crippen LogP) is 4.08. The number of nitrogens with zero attached hydrogens (tertiary/aromatic N) is 2. The molecule has 0 aliphatic rings. The lowest BCUT2D eigenvalue weighted by Gasteiger charge is -2.19. The van der Waals surface area contributed by atoms with Gasteiger partial charge in [-0.2, -0.15) is 5.10 Å². The van der Waals surface area contributed by atoms with Crippen LogP contribution in [-0.2, 0) is 22.5 Å². The van der Waals surface area contributed by atoms with Gasteiger partial charge in [-0.05, 0) is 62.2 Å². The average Bonchev–Trinajstić information content (AvgIpc) is 3.22. The van der Waals surface area contributed by atoms with Crippen LogP contribution < -0.4 is 10.6 Å². The first-order chi connectivity index (χ1) is 14.3. The van der Waals surface area contributed by atoms with Crippen molar-refractivity contribution in [3.63, 3.8) is 0 Å². The molecule has 0 radical (unpaired) electrons. The lowest BCUT2D eigenvalue weighted by Crippen LogP contribution is -2.27. The van der Waals surface area contributed by atoms with Crippen molar-refractivity contribution < 1.29 is 14.3 Å². The van der Waals surface area contributed by atoms with Crippen LogP contribution in [0, 0.1) is 0 Å². The van der Waals surface area contributed by atoms with E-state index in [2.05, 4.69) is 15.7 Å². The van der Waals surface area contributed by atoms with Crippen molar-refractivity contribution in [3.05, 3.63) is 78.1 Å². The topological polar surface area (TPSA) is 85.2 Å². The number of benzene rings is 2. The van der Waals surface area contributed by atoms with E-state index in [1.54, 1.807) is 23.0 Å². The Kier molecular flexibility index (Phi) is 6.51. The maximum atomic E-state index is 12.3. The molecular weight excluding hydrogens is 380 g/mol. The molecule has 2 amide bonds. The second kappa shape index (κ2) is 9.26. The summed E-state index contributed by atoms with van der Waals surface area (Å²) in [5.41, 5.74) is 2.85. The van der Waals surface area contributed by atoms with Gasteiger partial charge in [0, 0.05) is 24.6 Å². The molecule has 0 saturated carbocycles. The molecule has 7 nitrogen and oxygen atoms in total. The molecule has 3 aromatic rings. The van der Waals surface area contributed by atoms with Crippen molar-refractivity contribution in [3.8, 4) is 5.69 Å². The van der Waals surface area contributed by atoms with E-state index < -0.39 is 11.7 Å². The Morgan fingerprint density at radius 2 is 1.80 bits per heavy atom. The fourth-order valence-electron chi connectivity index (χ4n) is 2.81. The van der Waals surface area contributed by atoms with Gasteiger partial charge in [0.2, 0.25) is 5.91 Å². The fraction of sp³-hybridized carbons (Fsp3) is 0.261. The molecule has 0 unspecified atom stereocenters. The number of anilines is 1. The van der Waals surface area contributed by atoms with E-state index >= 15 is 0 Å². The summed E-state index contributed by atoms with van der Waals surface area (Å²) in [5, 5.41) is 9.82. The SMILES string of the molecule is CC(C)(C)OC(=O)Nc1ccc(CC(=O)NCc2cccc(-n3cccn3)c2)cc1. The minimum Gasteiger partial charge on any atom is -0.444 e. The van der Waals surface area contributed by atoms with Crippen molar-refractivity contribution in [2.75, 3.05) is 5.32 Å². The maximum Gasteiger partial charge on any atom is 0.412 e. The van der Waals surface area contributed by atoms with Crippen molar-refractivity contribution >= 4 is 17.7 Å². The lowest BCUT2D eigenvalue weighted by molar-refractivity contribution is -0.120. The number of nitrogens with one attached hydrogen (secondary N) is 2. The standard InChI is InChI=1S/C23H26N4O3/c1-23(2,3)30-22(29)26-19-10-8-17(9-11-19)15-21(28)24-16-18-6-4-7-20(14-18)27-13-5-12-25-27/h4-14H,15-16H2,1-3H3,(H,24,28)(H,26,29). The molecule has 0 spiro atoms. The summed E-state index contributed by atoms with van der Waals surface area (Å²) >= 11 is 0. The predicted molar refractivity (Wildman–Crippen MR) is 115 cm³/mol. The zero-order valence-electron chi connectivity index (χ0n) is 17.4. The number of carbonyl (C=O) groups is 2. The van der Waals surface area contributed by atoms with Crippen LogP contribution in [0.15, 0.2) is 67.0 Å². The summed E-state index contributed by atoms with van der Waals surface area (Å²) in [6.45, 7) is 5.86. The largest absolute Gasteiger partial charge is 0.444 e. The van der Waals surface area contributed by atoms with Crippen molar-refractivity contribution in [1.29, 1.82) is 0 Å². The third-order valence-electron chi connectivity index (χ3n) is 4.13. The van der Waals surface area contributed by atoms with Gasteiger partial charge in [0.1, 0.15) is 5.60 Å². The van der Waals surface area contributed by atoms with E-state index in [9.17, 15) is 9.59 Å². The minimum atomic E-state index is -0.556. The third kappa shape index (κ3) is 6.48. The molecule has 0 aliphatic carbocycles. The highest BCUT2D eigenvalue weighted by Crippen LogP contribution is 2.14. The molecule has 156 valence electrons. The summed E-state index contributed by atoms with van der Waals surface area (Å²) in [6, 6.07) is 16.8. The molecule has 0 atom stereocenters. The van der Waals surface area contributed by atoms with Gasteiger partial charge in [-0.15, -0.1) is 0 Å². The highest BCUT2D eigenvalue weighted by atomic mass is 16.6. The minimum absolute atomic E-state index is 0.0765. The summed E-state index contributed by atoms with van der Waals surface area (Å²) < 4.78 is 7.00. The van der Waals surface area contributed by atoms with Crippen LogP contribution in [0.25, 0.3) is 5.69 Å². The normalized spacial score (nSPS) is 11.0. The fourth-order valence-corrected chi connectivity index (χ4v) is 2.81. The van der Waals surface area contributed by atoms with Crippen molar-refractivity contribution in [1.82, 2.24) is 15.1 Å². The van der Waals surface area contributed by atoms with E-state index in [0.717, 1.165) is 16.8 Å². The van der Waals surface area contributed by atoms with Crippen LogP contribution in [-0.4, -0.2) is 27.4 Å². The average molecular weight is 406 g/mol. The number of amides is 2. The summed E-state index contributed by atoms with van der Waals surface area (Å²) in [5.74, 6) is -0.0765. The van der Waals surface area contributed by atoms with Crippen molar-refractivity contribution in [2.45, 2.75) is 39.3 Å². The number of carbonyl (C=O) groups excluding carboxylic acids is 2. The number of hydrogen-bond acceptors (Lipinski definition) is 4. The van der Waals surface area contributed by atoms with E-state index in [1.165, 1.54) is 0 Å². The zero-order chi connectivity index (χ0) is 21.6. The van der Waals surface area contributed by atoms with E-state index in [1.807, 2.05) is 69.4 Å². The maximum absolute atomic E-state index is 12.3. The first-order valence-electron chi connectivity index (χ1n) is 9.73. The summed E-state index contributed by atoms with van der Waals surface area (Å²) in [6.07, 6.45) is 3.35. The molecule has 30 heavy (non-hydrogen) atoms. The van der Waals surface area contributed by atoms with E-state index in [0.29, 0.717) is 12.2 Å². The summed E-state index contributed by atoms with van der Waals surface area (Å²) in [7, 11) is 0. The van der Waals surface area contributed by atoms with Crippen LogP contribution in [0.2, 0.25) is 0 Å². The quantitative estimate of drug-likeness (QED) is 0.646. The second-order valence-corrected chi connectivity index (χ2v) is 7.90. The van der Waals surface area contributed by atoms with Gasteiger partial charge in [-0.25, -0.2) is 9.48 Å². The zero-order valence-corrected chi connectivity index (χ0v) is 17.4. The Hall–Kier alpha value is -3.61. The van der Waals surface area contributed by atoms with E-state index in [4.69, 9.17) is 4.74 Å². The Morgan fingerprint density at radius 3 is 2.47 bits per heavy atom. The molecule has 3 rings (SSSR count). The van der Waals surface area contributed by atoms with Crippen molar-refractivity contribution in [2.24, 2.45) is 0 Å². The molecule has 2 N–H and O–H groups in total. The first-order valence-corrected chi connectivity index (χ1v) is 9.73. The monoisotopic (exact) mass is 406 g/mol. The molecule has 0 aliphatic heterocycles. The molecule has 0 fully saturated rings. The Morgan fingerprint density at radius 1 is 1.03 bits per heavy atom. The highest BCUT2D eigenvalue weighted by Gasteiger charge is 2.16. The number of ether oxygens (including phenoxy) is 1. The van der Waals surface area contributed by atoms with Gasteiger partial charge in [0.05, 0.1) is 12.1 Å². The third-order valence-corrected chi connectivity index (χ3v) is 4.13. The molecular formula is C23H26N4O3. The van der Waals surface area contributed by atoms with Gasteiger partial charge in [-0.1, -0.05) is 24.3 Å². The number of hydrogen-bond donors (Lipinski definition) is 2. The molecule has 0 bridgehead atoms. The van der Waals surface area contributed by atoms with Gasteiger partial charge < -0.3 is 10.1 Å². The first kappa shape index (κ1) is 21.1. The van der Waals surface area contributed by atoms with Gasteiger partial charge >= 0.3 is 6.09 Å². The molecule has 7 heteroatoms. The molecule has 1 heterocycles. The van der Waals surface area contributed by atoms with Crippen LogP contribution >= 0.6 is 0 Å². The smallest absolute Gasteiger partial charge is 0.412 e. The lowest BCUT2D eigenvalue weighted by atomic mass is 10.1. The second-order valence-electron chi connectivity index (χ2n) is 7.90. The van der Waals surface area contributed by atoms with Gasteiger partial charge in [0.25, 0.3) is 0 Å². The number of aromatic nitrogens is 2.